The van der Waals surface area contributed by atoms with Crippen molar-refractivity contribution in [2.24, 2.45) is 5.73 Å². The van der Waals surface area contributed by atoms with Crippen LogP contribution in [0.15, 0.2) is 0 Å². The summed E-state index contributed by atoms with van der Waals surface area (Å²) < 4.78 is 5.60. The zero-order valence-corrected chi connectivity index (χ0v) is 12.4. The third-order valence-electron chi connectivity index (χ3n) is 3.94. The molecule has 0 aromatic heterocycles. The highest BCUT2D eigenvalue weighted by molar-refractivity contribution is 5.69. The molecule has 0 radical (unpaired) electrons. The van der Waals surface area contributed by atoms with Crippen molar-refractivity contribution in [3.63, 3.8) is 0 Å². The Balaban J connectivity index is 2.02. The number of esters is 1. The lowest BCUT2D eigenvalue weighted by Crippen LogP contribution is -2.19. The Bertz CT molecular complexity index is 223. The molecule has 3 heteroatoms. The number of nitrogens with two attached hydrogens (primary N) is 1. The molecule has 1 aliphatic carbocycles. The van der Waals surface area contributed by atoms with Crippen LogP contribution in [-0.2, 0) is 9.53 Å². The fourth-order valence-electron chi connectivity index (χ4n) is 2.73. The van der Waals surface area contributed by atoms with Gasteiger partial charge in [-0.3, -0.25) is 4.79 Å². The molecule has 19 heavy (non-hydrogen) atoms. The quantitative estimate of drug-likeness (QED) is 0.536. The smallest absolute Gasteiger partial charge is 0.306 e. The average Bonchev–Trinajstić information content (AvgIpc) is 2.37. The van der Waals surface area contributed by atoms with Crippen LogP contribution in [-0.4, -0.2) is 18.6 Å². The van der Waals surface area contributed by atoms with Crippen molar-refractivity contribution in [1.82, 2.24) is 0 Å². The van der Waals surface area contributed by atoms with E-state index in [-0.39, 0.29) is 12.1 Å². The van der Waals surface area contributed by atoms with Crippen LogP contribution in [0, 0.1) is 0 Å². The summed E-state index contributed by atoms with van der Waals surface area (Å²) in [5.74, 6) is 0.0180. The number of unbranched alkanes of at least 4 members (excludes halogenated alkanes) is 4. The van der Waals surface area contributed by atoms with Gasteiger partial charge in [-0.1, -0.05) is 38.5 Å². The van der Waals surface area contributed by atoms with E-state index >= 15 is 0 Å². The number of carbonyl (C=O) groups is 1. The molecule has 2 N–H and O–H groups in total. The van der Waals surface area contributed by atoms with Crippen LogP contribution in [0.3, 0.4) is 0 Å². The highest BCUT2D eigenvalue weighted by Gasteiger charge is 2.15. The first kappa shape index (κ1) is 16.5. The molecule has 0 aliphatic heterocycles. The van der Waals surface area contributed by atoms with Crippen LogP contribution >= 0.6 is 0 Å². The van der Waals surface area contributed by atoms with Crippen LogP contribution in [0.2, 0.25) is 0 Å². The second-order valence-corrected chi connectivity index (χ2v) is 5.76. The van der Waals surface area contributed by atoms with Gasteiger partial charge in [0.2, 0.25) is 0 Å². The summed E-state index contributed by atoms with van der Waals surface area (Å²) in [4.78, 5) is 11.8. The predicted octanol–water partition coefficient (Wildman–Crippen LogP) is 3.94. The molecular weight excluding hydrogens is 238 g/mol. The average molecular weight is 269 g/mol. The first-order valence-electron chi connectivity index (χ1n) is 8.22. The highest BCUT2D eigenvalue weighted by atomic mass is 16.5. The Hall–Kier alpha value is -0.570. The number of hydrogen-bond acceptors (Lipinski definition) is 3. The molecule has 0 aromatic rings. The lowest BCUT2D eigenvalue weighted by Gasteiger charge is -2.20. The van der Waals surface area contributed by atoms with E-state index in [2.05, 4.69) is 0 Å². The topological polar surface area (TPSA) is 52.3 Å². The monoisotopic (exact) mass is 269 g/mol. The second kappa shape index (κ2) is 11.3. The number of carbonyl (C=O) groups excluding carboxylic acids is 1. The maximum Gasteiger partial charge on any atom is 0.306 e. The minimum atomic E-state index is 0.0180. The van der Waals surface area contributed by atoms with Crippen molar-refractivity contribution >= 4 is 5.97 Å². The van der Waals surface area contributed by atoms with Crippen LogP contribution in [0.25, 0.3) is 0 Å². The highest BCUT2D eigenvalue weighted by Crippen LogP contribution is 2.20. The lowest BCUT2D eigenvalue weighted by atomic mass is 9.98. The fraction of sp³-hybridized carbons (Fsp3) is 0.938. The summed E-state index contributed by atoms with van der Waals surface area (Å²) in [6.07, 6.45) is 14.9. The summed E-state index contributed by atoms with van der Waals surface area (Å²) >= 11 is 0. The molecule has 0 saturated heterocycles. The van der Waals surface area contributed by atoms with Crippen LogP contribution in [0.5, 0.6) is 0 Å². The van der Waals surface area contributed by atoms with Gasteiger partial charge in [0.1, 0.15) is 6.10 Å². The molecule has 0 unspecified atom stereocenters. The maximum atomic E-state index is 11.8. The predicted molar refractivity (Wildman–Crippen MR) is 79.0 cm³/mol. The van der Waals surface area contributed by atoms with E-state index in [0.717, 1.165) is 38.6 Å². The molecular formula is C16H31NO2. The summed E-state index contributed by atoms with van der Waals surface area (Å²) in [5, 5.41) is 0. The van der Waals surface area contributed by atoms with Gasteiger partial charge in [0.15, 0.2) is 0 Å². The van der Waals surface area contributed by atoms with Gasteiger partial charge in [-0.15, -0.1) is 0 Å². The first-order valence-corrected chi connectivity index (χ1v) is 8.22. The molecule has 0 heterocycles. The maximum absolute atomic E-state index is 11.8. The zero-order valence-electron chi connectivity index (χ0n) is 12.4. The van der Waals surface area contributed by atoms with Crippen molar-refractivity contribution in [2.45, 2.75) is 89.6 Å². The van der Waals surface area contributed by atoms with Crippen LogP contribution < -0.4 is 5.73 Å². The van der Waals surface area contributed by atoms with Crippen molar-refractivity contribution in [1.29, 1.82) is 0 Å². The van der Waals surface area contributed by atoms with Crippen molar-refractivity contribution in [2.75, 3.05) is 6.54 Å². The molecule has 0 spiro atoms. The van der Waals surface area contributed by atoms with Gasteiger partial charge in [0, 0.05) is 6.42 Å². The number of hydrogen-bond donors (Lipinski definition) is 1. The number of rotatable bonds is 8. The molecule has 1 saturated carbocycles. The van der Waals surface area contributed by atoms with Crippen LogP contribution in [0.4, 0.5) is 0 Å². The third-order valence-corrected chi connectivity index (χ3v) is 3.94. The molecule has 1 aliphatic rings. The van der Waals surface area contributed by atoms with E-state index in [1.54, 1.807) is 0 Å². The molecule has 1 rings (SSSR count). The van der Waals surface area contributed by atoms with E-state index in [9.17, 15) is 4.79 Å². The van der Waals surface area contributed by atoms with Gasteiger partial charge < -0.3 is 10.5 Å². The zero-order chi connectivity index (χ0) is 13.8. The molecule has 0 amide bonds. The molecule has 0 aromatic carbocycles. The Morgan fingerprint density at radius 2 is 1.47 bits per heavy atom. The first-order chi connectivity index (χ1) is 9.33. The van der Waals surface area contributed by atoms with Gasteiger partial charge in [-0.25, -0.2) is 0 Å². The molecule has 1 fully saturated rings. The molecule has 112 valence electrons. The Kier molecular flexibility index (Phi) is 9.78. The van der Waals surface area contributed by atoms with Crippen LogP contribution in [0.1, 0.15) is 83.5 Å². The Morgan fingerprint density at radius 1 is 0.895 bits per heavy atom. The van der Waals surface area contributed by atoms with Gasteiger partial charge in [-0.2, -0.15) is 0 Å². The van der Waals surface area contributed by atoms with Crippen molar-refractivity contribution < 1.29 is 9.53 Å². The molecule has 3 nitrogen and oxygen atoms in total. The largest absolute Gasteiger partial charge is 0.462 e. The van der Waals surface area contributed by atoms with E-state index in [1.807, 2.05) is 0 Å². The summed E-state index contributed by atoms with van der Waals surface area (Å²) in [6, 6.07) is 0. The summed E-state index contributed by atoms with van der Waals surface area (Å²) in [6.45, 7) is 0.781. The number of ether oxygens (including phenoxy) is 1. The van der Waals surface area contributed by atoms with E-state index in [0.29, 0.717) is 6.42 Å². The van der Waals surface area contributed by atoms with Gasteiger partial charge in [0.25, 0.3) is 0 Å². The summed E-state index contributed by atoms with van der Waals surface area (Å²) in [7, 11) is 0. The fourth-order valence-corrected chi connectivity index (χ4v) is 2.73. The van der Waals surface area contributed by atoms with Gasteiger partial charge in [-0.05, 0) is 45.1 Å². The van der Waals surface area contributed by atoms with Gasteiger partial charge in [0.05, 0.1) is 0 Å². The SMILES string of the molecule is NCCCCCCCC(=O)OC1CCCCCCC1. The minimum Gasteiger partial charge on any atom is -0.462 e. The second-order valence-electron chi connectivity index (χ2n) is 5.76. The molecule has 0 bridgehead atoms. The lowest BCUT2D eigenvalue weighted by molar-refractivity contribution is -0.150. The van der Waals surface area contributed by atoms with E-state index in [4.69, 9.17) is 10.5 Å². The minimum absolute atomic E-state index is 0.0180. The summed E-state index contributed by atoms with van der Waals surface area (Å²) in [5.41, 5.74) is 5.45. The third kappa shape index (κ3) is 9.04. The normalized spacial score (nSPS) is 17.7. The van der Waals surface area contributed by atoms with Gasteiger partial charge >= 0.3 is 5.97 Å². The van der Waals surface area contributed by atoms with Crippen molar-refractivity contribution in [3.8, 4) is 0 Å². The van der Waals surface area contributed by atoms with Crippen molar-refractivity contribution in [3.05, 3.63) is 0 Å². The standard InChI is InChI=1S/C16H31NO2/c17-14-10-6-2-5-9-13-16(18)19-15-11-7-3-1-4-8-12-15/h15H,1-14,17H2. The molecule has 0 atom stereocenters. The Morgan fingerprint density at radius 3 is 2.16 bits per heavy atom. The van der Waals surface area contributed by atoms with E-state index < -0.39 is 0 Å². The van der Waals surface area contributed by atoms with E-state index in [1.165, 1.54) is 44.9 Å². The Labute approximate surface area is 118 Å².